The number of thioether (sulfide) groups is 1. The minimum Gasteiger partial charge on any atom is -0.309 e. The molecular formula is C18H18FN3S. The minimum absolute atomic E-state index is 0.208. The van der Waals surface area contributed by atoms with Gasteiger partial charge in [-0.3, -0.25) is 0 Å². The average molecular weight is 327 g/mol. The van der Waals surface area contributed by atoms with Crippen LogP contribution in [0.15, 0.2) is 59.8 Å². The molecule has 1 aromatic heterocycles. The fourth-order valence-electron chi connectivity index (χ4n) is 2.32. The van der Waals surface area contributed by atoms with E-state index in [4.69, 9.17) is 0 Å². The Morgan fingerprint density at radius 2 is 1.65 bits per heavy atom. The van der Waals surface area contributed by atoms with Gasteiger partial charge in [-0.05, 0) is 29.7 Å². The number of aryl methyl sites for hydroxylation is 2. The standard InChI is InChI=1S/C18H18FN3S/c1-22-17(12-9-14-5-3-2-4-6-14)20-21-18(22)23-13-15-7-10-16(19)11-8-15/h2-8,10-11H,9,12-13H2,1H3. The highest BCUT2D eigenvalue weighted by Crippen LogP contribution is 2.21. The lowest BCUT2D eigenvalue weighted by molar-refractivity contribution is 0.627. The number of benzene rings is 2. The number of rotatable bonds is 6. The lowest BCUT2D eigenvalue weighted by Gasteiger charge is -2.04. The number of hydrogen-bond acceptors (Lipinski definition) is 3. The quantitative estimate of drug-likeness (QED) is 0.640. The lowest BCUT2D eigenvalue weighted by atomic mass is 10.1. The smallest absolute Gasteiger partial charge is 0.191 e. The van der Waals surface area contributed by atoms with E-state index in [1.54, 1.807) is 23.9 Å². The van der Waals surface area contributed by atoms with Crippen molar-refractivity contribution in [2.24, 2.45) is 7.05 Å². The highest BCUT2D eigenvalue weighted by molar-refractivity contribution is 7.98. The van der Waals surface area contributed by atoms with E-state index in [-0.39, 0.29) is 5.82 Å². The third-order valence-electron chi connectivity index (χ3n) is 3.69. The molecular weight excluding hydrogens is 309 g/mol. The Morgan fingerprint density at radius 3 is 2.39 bits per heavy atom. The van der Waals surface area contributed by atoms with Gasteiger partial charge in [-0.25, -0.2) is 4.39 Å². The fourth-order valence-corrected chi connectivity index (χ4v) is 3.20. The van der Waals surface area contributed by atoms with Crippen molar-refractivity contribution in [1.29, 1.82) is 0 Å². The zero-order valence-electron chi connectivity index (χ0n) is 12.9. The van der Waals surface area contributed by atoms with Crippen LogP contribution in [0.3, 0.4) is 0 Å². The predicted octanol–water partition coefficient (Wildman–Crippen LogP) is 4.03. The van der Waals surface area contributed by atoms with E-state index < -0.39 is 0 Å². The summed E-state index contributed by atoms with van der Waals surface area (Å²) in [7, 11) is 1.99. The Kier molecular flexibility index (Phi) is 5.08. The zero-order chi connectivity index (χ0) is 16.1. The maximum atomic E-state index is 12.9. The minimum atomic E-state index is -0.208. The van der Waals surface area contributed by atoms with Crippen LogP contribution in [0.25, 0.3) is 0 Å². The van der Waals surface area contributed by atoms with Crippen molar-refractivity contribution in [2.45, 2.75) is 23.8 Å². The summed E-state index contributed by atoms with van der Waals surface area (Å²) in [5.41, 5.74) is 2.38. The summed E-state index contributed by atoms with van der Waals surface area (Å²) < 4.78 is 14.9. The monoisotopic (exact) mass is 327 g/mol. The van der Waals surface area contributed by atoms with Crippen LogP contribution in [-0.4, -0.2) is 14.8 Å². The lowest BCUT2D eigenvalue weighted by Crippen LogP contribution is -2.01. The maximum absolute atomic E-state index is 12.9. The summed E-state index contributed by atoms with van der Waals surface area (Å²) in [5.74, 6) is 1.53. The number of hydrogen-bond donors (Lipinski definition) is 0. The molecule has 118 valence electrons. The number of nitrogens with zero attached hydrogens (tertiary/aromatic N) is 3. The largest absolute Gasteiger partial charge is 0.309 e. The molecule has 0 aliphatic rings. The summed E-state index contributed by atoms with van der Waals surface area (Å²) in [4.78, 5) is 0. The Morgan fingerprint density at radius 1 is 0.913 bits per heavy atom. The second-order valence-electron chi connectivity index (χ2n) is 5.36. The van der Waals surface area contributed by atoms with Crippen LogP contribution < -0.4 is 0 Å². The van der Waals surface area contributed by atoms with Gasteiger partial charge >= 0.3 is 0 Å². The first-order valence-corrected chi connectivity index (χ1v) is 8.50. The SMILES string of the molecule is Cn1c(CCc2ccccc2)nnc1SCc1ccc(F)cc1. The van der Waals surface area contributed by atoms with Crippen molar-refractivity contribution in [2.75, 3.05) is 0 Å². The van der Waals surface area contributed by atoms with E-state index in [1.165, 1.54) is 17.7 Å². The molecule has 0 N–H and O–H groups in total. The molecule has 5 heteroatoms. The van der Waals surface area contributed by atoms with Gasteiger partial charge in [0.05, 0.1) is 0 Å². The molecule has 0 unspecified atom stereocenters. The molecule has 0 spiro atoms. The molecule has 0 atom stereocenters. The van der Waals surface area contributed by atoms with E-state index in [0.29, 0.717) is 0 Å². The van der Waals surface area contributed by atoms with Gasteiger partial charge < -0.3 is 4.57 Å². The highest BCUT2D eigenvalue weighted by atomic mass is 32.2. The van der Waals surface area contributed by atoms with Crippen LogP contribution >= 0.6 is 11.8 Å². The van der Waals surface area contributed by atoms with Crippen LogP contribution in [0.5, 0.6) is 0 Å². The molecule has 0 amide bonds. The number of halogens is 1. The zero-order valence-corrected chi connectivity index (χ0v) is 13.8. The Hall–Kier alpha value is -2.14. The van der Waals surface area contributed by atoms with Gasteiger partial charge in [-0.1, -0.05) is 54.2 Å². The summed E-state index contributed by atoms with van der Waals surface area (Å²) in [5, 5.41) is 9.44. The highest BCUT2D eigenvalue weighted by Gasteiger charge is 2.09. The van der Waals surface area contributed by atoms with Crippen molar-refractivity contribution in [3.63, 3.8) is 0 Å². The topological polar surface area (TPSA) is 30.7 Å². The third-order valence-corrected chi connectivity index (χ3v) is 4.78. The summed E-state index contributed by atoms with van der Waals surface area (Å²) in [6.07, 6.45) is 1.82. The molecule has 0 saturated heterocycles. The van der Waals surface area contributed by atoms with E-state index in [1.807, 2.05) is 17.7 Å². The molecule has 0 saturated carbocycles. The van der Waals surface area contributed by atoms with Crippen molar-refractivity contribution >= 4 is 11.8 Å². The van der Waals surface area contributed by atoms with E-state index in [9.17, 15) is 4.39 Å². The van der Waals surface area contributed by atoms with Gasteiger partial charge in [-0.15, -0.1) is 10.2 Å². The molecule has 0 aliphatic heterocycles. The van der Waals surface area contributed by atoms with Crippen LogP contribution in [0, 0.1) is 5.82 Å². The van der Waals surface area contributed by atoms with E-state index >= 15 is 0 Å². The second-order valence-corrected chi connectivity index (χ2v) is 6.30. The number of aromatic nitrogens is 3. The van der Waals surface area contributed by atoms with Gasteiger partial charge in [0.15, 0.2) is 5.16 Å². The molecule has 0 radical (unpaired) electrons. The fraction of sp³-hybridized carbons (Fsp3) is 0.222. The molecule has 23 heavy (non-hydrogen) atoms. The Bertz CT molecular complexity index is 754. The molecule has 0 bridgehead atoms. The maximum Gasteiger partial charge on any atom is 0.191 e. The average Bonchev–Trinajstić information content (AvgIpc) is 2.93. The van der Waals surface area contributed by atoms with E-state index in [2.05, 4.69) is 34.5 Å². The van der Waals surface area contributed by atoms with Crippen LogP contribution in [0.2, 0.25) is 0 Å². The summed E-state index contributed by atoms with van der Waals surface area (Å²) in [6.45, 7) is 0. The molecule has 0 fully saturated rings. The molecule has 0 aliphatic carbocycles. The Balaban J connectivity index is 1.59. The van der Waals surface area contributed by atoms with Crippen molar-refractivity contribution in [3.05, 3.63) is 77.4 Å². The van der Waals surface area contributed by atoms with Crippen molar-refractivity contribution in [1.82, 2.24) is 14.8 Å². The molecule has 3 nitrogen and oxygen atoms in total. The van der Waals surface area contributed by atoms with Crippen LogP contribution in [0.1, 0.15) is 17.0 Å². The predicted molar refractivity (Wildman–Crippen MR) is 90.8 cm³/mol. The molecule has 3 aromatic rings. The first-order chi connectivity index (χ1) is 11.2. The van der Waals surface area contributed by atoms with Gasteiger partial charge in [0.2, 0.25) is 0 Å². The molecule has 2 aromatic carbocycles. The Labute approximate surface area is 139 Å². The third kappa shape index (κ3) is 4.20. The van der Waals surface area contributed by atoms with Crippen LogP contribution in [-0.2, 0) is 25.6 Å². The van der Waals surface area contributed by atoms with Gasteiger partial charge in [0.25, 0.3) is 0 Å². The summed E-state index contributed by atoms with van der Waals surface area (Å²) in [6, 6.07) is 16.9. The first-order valence-electron chi connectivity index (χ1n) is 7.52. The molecule has 1 heterocycles. The second kappa shape index (κ2) is 7.42. The normalized spacial score (nSPS) is 10.9. The van der Waals surface area contributed by atoms with Gasteiger partial charge in [-0.2, -0.15) is 0 Å². The molecule has 3 rings (SSSR count). The van der Waals surface area contributed by atoms with Gasteiger partial charge in [0.1, 0.15) is 11.6 Å². The first kappa shape index (κ1) is 15.7. The van der Waals surface area contributed by atoms with Crippen LogP contribution in [0.4, 0.5) is 4.39 Å². The summed E-state index contributed by atoms with van der Waals surface area (Å²) >= 11 is 1.62. The van der Waals surface area contributed by atoms with Gasteiger partial charge in [0, 0.05) is 19.2 Å². The van der Waals surface area contributed by atoms with Crippen molar-refractivity contribution in [3.8, 4) is 0 Å². The van der Waals surface area contributed by atoms with E-state index in [0.717, 1.165) is 35.1 Å². The van der Waals surface area contributed by atoms with Crippen molar-refractivity contribution < 1.29 is 4.39 Å².